The first-order valence-electron chi connectivity index (χ1n) is 9.92. The Kier molecular flexibility index (Phi) is 12.8. The van der Waals surface area contributed by atoms with E-state index in [1.165, 1.54) is 57.8 Å². The third-order valence-corrected chi connectivity index (χ3v) is 6.14. The van der Waals surface area contributed by atoms with E-state index in [9.17, 15) is 0 Å². The van der Waals surface area contributed by atoms with Gasteiger partial charge in [-0.05, 0) is 0 Å². The van der Waals surface area contributed by atoms with Gasteiger partial charge in [-0.3, -0.25) is 0 Å². The van der Waals surface area contributed by atoms with Crippen LogP contribution >= 0.6 is 0 Å². The quantitative estimate of drug-likeness (QED) is 0.173. The summed E-state index contributed by atoms with van der Waals surface area (Å²) in [6, 6.07) is 4.80. The maximum atomic E-state index is 3.86. The summed E-state index contributed by atoms with van der Waals surface area (Å²) < 4.78 is 1.57. The predicted molar refractivity (Wildman–Crippen MR) is 115 cm³/mol. The van der Waals surface area contributed by atoms with Crippen LogP contribution in [0.25, 0.3) is 0 Å². The van der Waals surface area contributed by atoms with E-state index in [1.807, 2.05) is 18.2 Å². The van der Waals surface area contributed by atoms with Gasteiger partial charge in [0.05, 0.1) is 0 Å². The zero-order valence-electron chi connectivity index (χ0n) is 16.0. The molecule has 0 atom stereocenters. The van der Waals surface area contributed by atoms with Gasteiger partial charge in [-0.15, -0.1) is 0 Å². The minimum atomic E-state index is 1.14. The van der Waals surface area contributed by atoms with Gasteiger partial charge in [-0.1, -0.05) is 0 Å². The van der Waals surface area contributed by atoms with E-state index in [2.05, 4.69) is 31.9 Å². The predicted octanol–water partition coefficient (Wildman–Crippen LogP) is 6.18. The first-order chi connectivity index (χ1) is 12.2. The normalized spacial score (nSPS) is 10.6. The molecule has 0 aliphatic carbocycles. The number of allylic oxidation sites excluding steroid dienone is 3. The molecule has 0 nitrogen and oxygen atoms in total. The Balaban J connectivity index is 2.85. The van der Waals surface area contributed by atoms with Crippen LogP contribution in [-0.4, -0.2) is 22.5 Å². The summed E-state index contributed by atoms with van der Waals surface area (Å²) in [7, 11) is 0. The average Bonchev–Trinajstić information content (AvgIpc) is 2.62. The molecule has 1 aromatic rings. The van der Waals surface area contributed by atoms with Gasteiger partial charge in [0.25, 0.3) is 0 Å². The number of hydrogen-bond donors (Lipinski definition) is 0. The van der Waals surface area contributed by atoms with Crippen LogP contribution in [0.5, 0.6) is 0 Å². The van der Waals surface area contributed by atoms with Crippen molar-refractivity contribution in [1.29, 1.82) is 0 Å². The monoisotopic (exact) mass is 443 g/mol. The Hall–Kier alpha value is -0.761. The average molecular weight is 442 g/mol. The van der Waals surface area contributed by atoms with Crippen molar-refractivity contribution >= 4 is 26.1 Å². The Morgan fingerprint density at radius 1 is 0.640 bits per heavy atom. The van der Waals surface area contributed by atoms with Crippen molar-refractivity contribution < 1.29 is 0 Å². The second-order valence-corrected chi connectivity index (χ2v) is 8.37. The summed E-state index contributed by atoms with van der Waals surface area (Å²) in [5, 5.41) is 0. The molecule has 25 heavy (non-hydrogen) atoms. The standard InChI is InChI=1S/C24H35.Sn/c1-4-7-10-13-17-22-19-16-20-23(18-14-11-8-5-2)24(22)21-15-12-9-6-3;/h4-6,16,19H,1-3,7-15,17-18,21H2;. The van der Waals surface area contributed by atoms with E-state index >= 15 is 0 Å². The van der Waals surface area contributed by atoms with Gasteiger partial charge in [0.1, 0.15) is 0 Å². The molecular weight excluding hydrogens is 407 g/mol. The molecule has 0 bridgehead atoms. The third kappa shape index (κ3) is 8.94. The fraction of sp³-hybridized carbons (Fsp3) is 0.500. The number of benzene rings is 1. The van der Waals surface area contributed by atoms with Crippen molar-refractivity contribution in [2.24, 2.45) is 0 Å². The number of hydrogen-bond acceptors (Lipinski definition) is 0. The molecule has 0 N–H and O–H groups in total. The van der Waals surface area contributed by atoms with Crippen LogP contribution in [-0.2, 0) is 19.3 Å². The van der Waals surface area contributed by atoms with Crippen LogP contribution in [0.2, 0.25) is 0 Å². The third-order valence-electron chi connectivity index (χ3n) is 4.80. The molecule has 0 spiro atoms. The Labute approximate surface area is 169 Å². The fourth-order valence-electron chi connectivity index (χ4n) is 3.36. The molecular formula is C24H35Sn. The van der Waals surface area contributed by atoms with Gasteiger partial charge >= 0.3 is 170 Å². The second kappa shape index (κ2) is 14.4. The van der Waals surface area contributed by atoms with Crippen molar-refractivity contribution in [1.82, 2.24) is 0 Å². The zero-order valence-corrected chi connectivity index (χ0v) is 18.8. The molecule has 1 aromatic carbocycles. The molecule has 1 heteroatoms. The molecule has 1 rings (SSSR count). The van der Waals surface area contributed by atoms with Crippen LogP contribution in [0, 0.1) is 0 Å². The molecule has 0 saturated heterocycles. The van der Waals surface area contributed by atoms with Gasteiger partial charge in [0.2, 0.25) is 0 Å². The molecule has 135 valence electrons. The van der Waals surface area contributed by atoms with Crippen molar-refractivity contribution in [3.05, 3.63) is 66.8 Å². The van der Waals surface area contributed by atoms with Crippen molar-refractivity contribution in [2.75, 3.05) is 0 Å². The van der Waals surface area contributed by atoms with Gasteiger partial charge in [0, 0.05) is 0 Å². The summed E-state index contributed by atoms with van der Waals surface area (Å²) in [4.78, 5) is 0. The summed E-state index contributed by atoms with van der Waals surface area (Å²) in [5.41, 5.74) is 4.95. The zero-order chi connectivity index (χ0) is 18.3. The summed E-state index contributed by atoms with van der Waals surface area (Å²) in [6.45, 7) is 11.6. The summed E-state index contributed by atoms with van der Waals surface area (Å²) >= 11 is 1.56. The molecule has 0 aliphatic rings. The van der Waals surface area contributed by atoms with Gasteiger partial charge in [0.15, 0.2) is 0 Å². The van der Waals surface area contributed by atoms with Crippen LogP contribution in [0.3, 0.4) is 0 Å². The van der Waals surface area contributed by atoms with Gasteiger partial charge in [-0.25, -0.2) is 0 Å². The van der Waals surface area contributed by atoms with Crippen LogP contribution in [0.15, 0.2) is 50.1 Å². The summed E-state index contributed by atoms with van der Waals surface area (Å²) in [5.74, 6) is 0. The van der Waals surface area contributed by atoms with Crippen LogP contribution in [0.4, 0.5) is 0 Å². The molecule has 0 heterocycles. The minimum absolute atomic E-state index is 1.14. The number of rotatable bonds is 15. The van der Waals surface area contributed by atoms with Crippen molar-refractivity contribution in [2.45, 2.75) is 77.0 Å². The molecule has 0 saturated carbocycles. The Bertz CT molecular complexity index is 527. The van der Waals surface area contributed by atoms with E-state index in [-0.39, 0.29) is 0 Å². The molecule has 0 amide bonds. The Morgan fingerprint density at radius 3 is 1.64 bits per heavy atom. The molecule has 0 unspecified atom stereocenters. The first-order valence-corrected chi connectivity index (χ1v) is 11.3. The summed E-state index contributed by atoms with van der Waals surface area (Å²) in [6.07, 6.45) is 20.9. The van der Waals surface area contributed by atoms with Crippen LogP contribution < -0.4 is 3.58 Å². The topological polar surface area (TPSA) is 0 Å². The van der Waals surface area contributed by atoms with E-state index in [0.29, 0.717) is 0 Å². The van der Waals surface area contributed by atoms with Gasteiger partial charge in [-0.2, -0.15) is 0 Å². The van der Waals surface area contributed by atoms with Crippen molar-refractivity contribution in [3.8, 4) is 0 Å². The first kappa shape index (κ1) is 22.3. The molecule has 0 aromatic heterocycles. The number of aryl methyl sites for hydroxylation is 1. The van der Waals surface area contributed by atoms with E-state index < -0.39 is 0 Å². The van der Waals surface area contributed by atoms with E-state index in [4.69, 9.17) is 0 Å². The number of unbranched alkanes of at least 4 members (excludes halogenated alkanes) is 6. The fourth-order valence-corrected chi connectivity index (χ4v) is 4.38. The van der Waals surface area contributed by atoms with Crippen molar-refractivity contribution in [3.63, 3.8) is 0 Å². The Morgan fingerprint density at radius 2 is 1.12 bits per heavy atom. The van der Waals surface area contributed by atoms with Crippen LogP contribution in [0.1, 0.15) is 74.5 Å². The molecule has 3 radical (unpaired) electrons. The van der Waals surface area contributed by atoms with E-state index in [0.717, 1.165) is 19.3 Å². The maximum absolute atomic E-state index is 3.86. The van der Waals surface area contributed by atoms with Gasteiger partial charge < -0.3 is 0 Å². The SMILES string of the molecule is C=CCCCCc1cc[c]([Sn])c(CCCCC=C)c1CCCCC=C. The molecule has 0 aliphatic heterocycles. The second-order valence-electron chi connectivity index (χ2n) is 6.83. The molecule has 0 fully saturated rings. The van der Waals surface area contributed by atoms with E-state index in [1.54, 1.807) is 42.8 Å².